The number of likely N-dealkylation sites (N-methyl/N-ethyl adjacent to an activating group) is 1. The highest BCUT2D eigenvalue weighted by molar-refractivity contribution is 7.08. The molecule has 2 heteroatoms. The van der Waals surface area contributed by atoms with Crippen LogP contribution in [0.15, 0.2) is 78.5 Å². The summed E-state index contributed by atoms with van der Waals surface area (Å²) >= 11 is 1.92. The van der Waals surface area contributed by atoms with Gasteiger partial charge >= 0.3 is 0 Å². The molecule has 0 N–H and O–H groups in total. The Morgan fingerprint density at radius 3 is 2.33 bits per heavy atom. The highest BCUT2D eigenvalue weighted by Crippen LogP contribution is 2.26. The minimum absolute atomic E-state index is 1.01. The van der Waals surface area contributed by atoms with E-state index in [0.717, 1.165) is 12.8 Å². The molecule has 0 fully saturated rings. The Bertz CT molecular complexity index is 1160. The average Bonchev–Trinajstić information content (AvgIpc) is 3.12. The molecule has 0 spiro atoms. The van der Waals surface area contributed by atoms with E-state index in [1.807, 2.05) is 11.3 Å². The molecule has 132 valence electrons. The second-order valence-corrected chi connectivity index (χ2v) is 8.14. The molecule has 0 atom stereocenters. The molecule has 0 amide bonds. The van der Waals surface area contributed by atoms with Crippen molar-refractivity contribution >= 4 is 29.2 Å². The molecule has 2 aliphatic carbocycles. The second kappa shape index (κ2) is 6.71. The van der Waals surface area contributed by atoms with E-state index in [1.54, 1.807) is 0 Å². The largest absolute Gasteiger partial charge is 0.348 e. The minimum atomic E-state index is 1.01. The van der Waals surface area contributed by atoms with Gasteiger partial charge in [-0.15, -0.1) is 11.3 Å². The van der Waals surface area contributed by atoms with Gasteiger partial charge in [0.15, 0.2) is 0 Å². The highest BCUT2D eigenvalue weighted by atomic mass is 32.1. The number of anilines is 1. The lowest BCUT2D eigenvalue weighted by atomic mass is 9.98. The lowest BCUT2D eigenvalue weighted by Gasteiger charge is -2.25. The smallest absolute Gasteiger partial charge is 0.0406 e. The number of rotatable bonds is 3. The predicted molar refractivity (Wildman–Crippen MR) is 117 cm³/mol. The van der Waals surface area contributed by atoms with Gasteiger partial charge in [-0.1, -0.05) is 54.6 Å². The van der Waals surface area contributed by atoms with Gasteiger partial charge in [0, 0.05) is 33.9 Å². The van der Waals surface area contributed by atoms with Gasteiger partial charge in [0.05, 0.1) is 0 Å². The zero-order chi connectivity index (χ0) is 18.2. The van der Waals surface area contributed by atoms with Gasteiger partial charge in [-0.05, 0) is 59.0 Å². The van der Waals surface area contributed by atoms with Crippen molar-refractivity contribution in [2.24, 2.45) is 0 Å². The van der Waals surface area contributed by atoms with Gasteiger partial charge in [-0.2, -0.15) is 0 Å². The Labute approximate surface area is 163 Å². The van der Waals surface area contributed by atoms with Gasteiger partial charge in [0.1, 0.15) is 0 Å². The Kier molecular flexibility index (Phi) is 4.06. The molecule has 2 aromatic carbocycles. The minimum Gasteiger partial charge on any atom is -0.348 e. The van der Waals surface area contributed by atoms with Crippen molar-refractivity contribution in [2.75, 3.05) is 11.9 Å². The lowest BCUT2D eigenvalue weighted by Crippen LogP contribution is -2.23. The lowest BCUT2D eigenvalue weighted by molar-refractivity contribution is 0.981. The van der Waals surface area contributed by atoms with Crippen LogP contribution < -0.4 is 14.0 Å². The Morgan fingerprint density at radius 2 is 1.52 bits per heavy atom. The van der Waals surface area contributed by atoms with Gasteiger partial charge in [-0.25, -0.2) is 0 Å². The van der Waals surface area contributed by atoms with Crippen LogP contribution >= 0.6 is 11.3 Å². The van der Waals surface area contributed by atoms with E-state index in [1.165, 1.54) is 42.7 Å². The van der Waals surface area contributed by atoms with Crippen LogP contribution in [-0.4, -0.2) is 7.05 Å². The standard InChI is InChI=1S/C25H21NS/c1-26(20-13-11-19(12-14-20)18-7-3-2-4-8-18)21-15-16-25-23(17-21)22-9-5-6-10-24(22)27-25/h2-8,10-16H,9,17H2,1H3. The van der Waals surface area contributed by atoms with Crippen molar-refractivity contribution in [3.05, 3.63) is 98.7 Å². The third kappa shape index (κ3) is 2.96. The summed E-state index contributed by atoms with van der Waals surface area (Å²) < 4.78 is 2.86. The summed E-state index contributed by atoms with van der Waals surface area (Å²) in [6.07, 6.45) is 13.3. The van der Waals surface area contributed by atoms with Gasteiger partial charge < -0.3 is 4.90 Å². The van der Waals surface area contributed by atoms with E-state index in [0.29, 0.717) is 0 Å². The van der Waals surface area contributed by atoms with Crippen LogP contribution in [0.4, 0.5) is 5.69 Å². The molecule has 3 aromatic rings. The number of fused-ring (bicyclic) bond motifs is 3. The number of hydrogen-bond donors (Lipinski definition) is 0. The fraction of sp³-hybridized carbons (Fsp3) is 0.120. The van der Waals surface area contributed by atoms with E-state index >= 15 is 0 Å². The summed E-state index contributed by atoms with van der Waals surface area (Å²) in [7, 11) is 2.17. The molecule has 0 saturated carbocycles. The summed E-state index contributed by atoms with van der Waals surface area (Å²) in [5.74, 6) is 0. The molecule has 1 aromatic heterocycles. The maximum absolute atomic E-state index is 2.32. The molecular formula is C25H21NS. The first-order valence-electron chi connectivity index (χ1n) is 9.37. The van der Waals surface area contributed by atoms with Crippen LogP contribution in [0.3, 0.4) is 0 Å². The molecule has 0 bridgehead atoms. The van der Waals surface area contributed by atoms with Gasteiger partial charge in [0.2, 0.25) is 0 Å². The number of nitrogens with zero attached hydrogens (tertiary/aromatic N) is 1. The van der Waals surface area contributed by atoms with Crippen LogP contribution in [0, 0.1) is 0 Å². The van der Waals surface area contributed by atoms with Crippen LogP contribution in [-0.2, 0) is 12.8 Å². The topological polar surface area (TPSA) is 3.24 Å². The predicted octanol–water partition coefficient (Wildman–Crippen LogP) is 4.66. The second-order valence-electron chi connectivity index (χ2n) is 7.06. The first-order chi connectivity index (χ1) is 13.3. The van der Waals surface area contributed by atoms with Gasteiger partial charge in [0.25, 0.3) is 0 Å². The zero-order valence-corrected chi connectivity index (χ0v) is 16.2. The van der Waals surface area contributed by atoms with E-state index in [-0.39, 0.29) is 0 Å². The molecule has 0 radical (unpaired) electrons. The third-order valence-corrected chi connectivity index (χ3v) is 6.67. The van der Waals surface area contributed by atoms with Crippen molar-refractivity contribution in [3.63, 3.8) is 0 Å². The van der Waals surface area contributed by atoms with Crippen molar-refractivity contribution < 1.29 is 0 Å². The number of hydrogen-bond acceptors (Lipinski definition) is 2. The SMILES string of the molecule is CN(C1=CC=c2sc3c(c2C1)CC=CC=3)c1ccc(-c2ccccc2)cc1. The number of benzene rings is 2. The Hall–Kier alpha value is -2.84. The first kappa shape index (κ1) is 16.3. The number of thiophene rings is 1. The molecular weight excluding hydrogens is 346 g/mol. The summed E-state index contributed by atoms with van der Waals surface area (Å²) in [6.45, 7) is 0. The molecule has 1 nitrogen and oxygen atoms in total. The Balaban J connectivity index is 1.42. The van der Waals surface area contributed by atoms with Crippen molar-refractivity contribution in [3.8, 4) is 11.1 Å². The summed E-state index contributed by atoms with van der Waals surface area (Å²) in [5, 5.41) is 0. The van der Waals surface area contributed by atoms with Crippen molar-refractivity contribution in [2.45, 2.75) is 12.8 Å². The fourth-order valence-corrected chi connectivity index (χ4v) is 5.05. The summed E-state index contributed by atoms with van der Waals surface area (Å²) in [6, 6.07) is 19.4. The first-order valence-corrected chi connectivity index (χ1v) is 10.2. The van der Waals surface area contributed by atoms with E-state index in [4.69, 9.17) is 0 Å². The molecule has 27 heavy (non-hydrogen) atoms. The average molecular weight is 368 g/mol. The van der Waals surface area contributed by atoms with Crippen LogP contribution in [0.5, 0.6) is 0 Å². The maximum Gasteiger partial charge on any atom is 0.0406 e. The number of allylic oxidation sites excluding steroid dienone is 4. The van der Waals surface area contributed by atoms with Crippen molar-refractivity contribution in [1.82, 2.24) is 0 Å². The molecule has 5 rings (SSSR count). The van der Waals surface area contributed by atoms with Crippen LogP contribution in [0.1, 0.15) is 11.1 Å². The van der Waals surface area contributed by atoms with E-state index < -0.39 is 0 Å². The molecule has 2 aliphatic rings. The normalized spacial score (nSPS) is 14.5. The maximum atomic E-state index is 2.32. The van der Waals surface area contributed by atoms with Crippen LogP contribution in [0.25, 0.3) is 23.3 Å². The molecule has 0 unspecified atom stereocenters. The van der Waals surface area contributed by atoms with Gasteiger partial charge in [-0.3, -0.25) is 0 Å². The molecule has 0 saturated heterocycles. The zero-order valence-electron chi connectivity index (χ0n) is 15.4. The van der Waals surface area contributed by atoms with Crippen molar-refractivity contribution in [1.29, 1.82) is 0 Å². The monoisotopic (exact) mass is 367 g/mol. The third-order valence-electron chi connectivity index (χ3n) is 5.46. The molecule has 0 aliphatic heterocycles. The fourth-order valence-electron chi connectivity index (χ4n) is 3.88. The summed E-state index contributed by atoms with van der Waals surface area (Å²) in [4.78, 5) is 2.32. The van der Waals surface area contributed by atoms with Crippen LogP contribution in [0.2, 0.25) is 0 Å². The quantitative estimate of drug-likeness (QED) is 0.650. The Morgan fingerprint density at radius 1 is 0.778 bits per heavy atom. The van der Waals surface area contributed by atoms with E-state index in [2.05, 4.69) is 96.9 Å². The summed E-state index contributed by atoms with van der Waals surface area (Å²) in [5.41, 5.74) is 8.13. The highest BCUT2D eigenvalue weighted by Gasteiger charge is 2.17. The van der Waals surface area contributed by atoms with E-state index in [9.17, 15) is 0 Å². The molecule has 1 heterocycles.